The highest BCUT2D eigenvalue weighted by Crippen LogP contribution is 2.04. The molecule has 5 nitrogen and oxygen atoms in total. The summed E-state index contributed by atoms with van der Waals surface area (Å²) in [4.78, 5) is 10.2. The molecule has 0 aliphatic heterocycles. The molecule has 0 spiro atoms. The molecule has 12 heavy (non-hydrogen) atoms. The SMILES string of the molecule is O=C(O)C/C(=N\O)c1ccco1. The Balaban J connectivity index is 2.78. The highest BCUT2D eigenvalue weighted by molar-refractivity contribution is 6.06. The van der Waals surface area contributed by atoms with Crippen molar-refractivity contribution in [3.05, 3.63) is 24.2 Å². The van der Waals surface area contributed by atoms with Gasteiger partial charge in [0.2, 0.25) is 0 Å². The molecular weight excluding hydrogens is 162 g/mol. The van der Waals surface area contributed by atoms with E-state index in [4.69, 9.17) is 14.7 Å². The van der Waals surface area contributed by atoms with Crippen LogP contribution in [0.25, 0.3) is 0 Å². The molecule has 1 aromatic rings. The van der Waals surface area contributed by atoms with Crippen LogP contribution in [0.4, 0.5) is 0 Å². The first-order valence-electron chi connectivity index (χ1n) is 3.20. The summed E-state index contributed by atoms with van der Waals surface area (Å²) >= 11 is 0. The molecular formula is C7H7NO4. The molecule has 0 saturated carbocycles. The van der Waals surface area contributed by atoms with Crippen LogP contribution in [-0.2, 0) is 4.79 Å². The summed E-state index contributed by atoms with van der Waals surface area (Å²) in [5.41, 5.74) is 0.00694. The zero-order valence-corrected chi connectivity index (χ0v) is 6.10. The average Bonchev–Trinajstić information content (AvgIpc) is 2.51. The fourth-order valence-electron chi connectivity index (χ4n) is 0.758. The van der Waals surface area contributed by atoms with Crippen molar-refractivity contribution in [1.82, 2.24) is 0 Å². The van der Waals surface area contributed by atoms with Crippen LogP contribution in [0.15, 0.2) is 28.0 Å². The van der Waals surface area contributed by atoms with Crippen molar-refractivity contribution in [2.45, 2.75) is 6.42 Å². The van der Waals surface area contributed by atoms with Crippen molar-refractivity contribution < 1.29 is 19.5 Å². The molecule has 0 radical (unpaired) electrons. The molecule has 1 aromatic heterocycles. The molecule has 1 rings (SSSR count). The molecule has 0 aromatic carbocycles. The van der Waals surface area contributed by atoms with E-state index in [1.807, 2.05) is 0 Å². The third-order valence-corrected chi connectivity index (χ3v) is 1.24. The van der Waals surface area contributed by atoms with Crippen LogP contribution in [0, 0.1) is 0 Å². The molecule has 2 N–H and O–H groups in total. The lowest BCUT2D eigenvalue weighted by atomic mass is 10.2. The maximum absolute atomic E-state index is 10.2. The van der Waals surface area contributed by atoms with Gasteiger partial charge in [-0.1, -0.05) is 5.16 Å². The van der Waals surface area contributed by atoms with E-state index in [0.29, 0.717) is 0 Å². The normalized spacial score (nSPS) is 11.5. The largest absolute Gasteiger partial charge is 0.481 e. The minimum Gasteiger partial charge on any atom is -0.481 e. The van der Waals surface area contributed by atoms with E-state index < -0.39 is 5.97 Å². The van der Waals surface area contributed by atoms with Crippen molar-refractivity contribution >= 4 is 11.7 Å². The molecule has 5 heteroatoms. The van der Waals surface area contributed by atoms with Crippen LogP contribution < -0.4 is 0 Å². The summed E-state index contributed by atoms with van der Waals surface area (Å²) in [6, 6.07) is 3.11. The van der Waals surface area contributed by atoms with Crippen molar-refractivity contribution in [1.29, 1.82) is 0 Å². The number of hydrogen-bond donors (Lipinski definition) is 2. The monoisotopic (exact) mass is 169 g/mol. The average molecular weight is 169 g/mol. The molecule has 0 bridgehead atoms. The topological polar surface area (TPSA) is 83.0 Å². The van der Waals surface area contributed by atoms with Gasteiger partial charge in [-0.3, -0.25) is 4.79 Å². The first-order chi connectivity index (χ1) is 5.74. The van der Waals surface area contributed by atoms with Gasteiger partial charge in [-0.05, 0) is 12.1 Å². The molecule has 0 atom stereocenters. The highest BCUT2D eigenvalue weighted by atomic mass is 16.4. The number of carbonyl (C=O) groups is 1. The van der Waals surface area contributed by atoms with Crippen LogP contribution in [0.1, 0.15) is 12.2 Å². The summed E-state index contributed by atoms with van der Waals surface area (Å²) in [5, 5.41) is 19.6. The Kier molecular flexibility index (Phi) is 2.47. The second kappa shape index (κ2) is 3.56. The molecule has 0 saturated heterocycles. The zero-order chi connectivity index (χ0) is 8.97. The molecule has 0 amide bonds. The molecule has 0 fully saturated rings. The fourth-order valence-corrected chi connectivity index (χ4v) is 0.758. The van der Waals surface area contributed by atoms with Gasteiger partial charge in [-0.2, -0.15) is 0 Å². The Bertz CT molecular complexity index is 288. The number of oxime groups is 1. The Hall–Kier alpha value is -1.78. The van der Waals surface area contributed by atoms with Gasteiger partial charge in [0.25, 0.3) is 0 Å². The predicted octanol–water partition coefficient (Wildman–Crippen LogP) is 0.933. The van der Waals surface area contributed by atoms with E-state index in [1.165, 1.54) is 12.3 Å². The minimum atomic E-state index is -1.07. The maximum atomic E-state index is 10.2. The van der Waals surface area contributed by atoms with Crippen molar-refractivity contribution in [3.8, 4) is 0 Å². The Labute approximate surface area is 67.9 Å². The second-order valence-corrected chi connectivity index (χ2v) is 2.09. The van der Waals surface area contributed by atoms with E-state index in [-0.39, 0.29) is 17.9 Å². The van der Waals surface area contributed by atoms with Gasteiger partial charge in [0.05, 0.1) is 12.7 Å². The number of aliphatic carboxylic acids is 1. The van der Waals surface area contributed by atoms with Gasteiger partial charge in [0.1, 0.15) is 5.71 Å². The number of rotatable bonds is 3. The third-order valence-electron chi connectivity index (χ3n) is 1.24. The third kappa shape index (κ3) is 1.85. The Morgan fingerprint density at radius 3 is 2.83 bits per heavy atom. The summed E-state index contributed by atoms with van der Waals surface area (Å²) < 4.78 is 4.83. The number of carboxylic acid groups (broad SMARTS) is 1. The first kappa shape index (κ1) is 8.32. The van der Waals surface area contributed by atoms with Crippen molar-refractivity contribution in [2.24, 2.45) is 5.16 Å². The van der Waals surface area contributed by atoms with Gasteiger partial charge < -0.3 is 14.7 Å². The minimum absolute atomic E-state index is 0.00694. The van der Waals surface area contributed by atoms with Crippen LogP contribution in [-0.4, -0.2) is 22.0 Å². The van der Waals surface area contributed by atoms with Gasteiger partial charge in [-0.25, -0.2) is 0 Å². The van der Waals surface area contributed by atoms with Crippen LogP contribution in [0.5, 0.6) is 0 Å². The lowest BCUT2D eigenvalue weighted by molar-refractivity contribution is -0.135. The van der Waals surface area contributed by atoms with Gasteiger partial charge in [0.15, 0.2) is 5.76 Å². The number of carboxylic acids is 1. The van der Waals surface area contributed by atoms with Crippen LogP contribution in [0.2, 0.25) is 0 Å². The van der Waals surface area contributed by atoms with Crippen molar-refractivity contribution in [3.63, 3.8) is 0 Å². The lowest BCUT2D eigenvalue weighted by Crippen LogP contribution is -2.07. The molecule has 1 heterocycles. The number of furan rings is 1. The van der Waals surface area contributed by atoms with Crippen LogP contribution in [0.3, 0.4) is 0 Å². The maximum Gasteiger partial charge on any atom is 0.309 e. The smallest absolute Gasteiger partial charge is 0.309 e. The lowest BCUT2D eigenvalue weighted by Gasteiger charge is -1.94. The second-order valence-electron chi connectivity index (χ2n) is 2.09. The van der Waals surface area contributed by atoms with Gasteiger partial charge in [0, 0.05) is 0 Å². The fraction of sp³-hybridized carbons (Fsp3) is 0.143. The van der Waals surface area contributed by atoms with E-state index >= 15 is 0 Å². The quantitative estimate of drug-likeness (QED) is 0.400. The molecule has 0 aliphatic rings. The number of hydrogen-bond acceptors (Lipinski definition) is 4. The summed E-state index contributed by atoms with van der Waals surface area (Å²) in [5.74, 6) is -0.806. The highest BCUT2D eigenvalue weighted by Gasteiger charge is 2.11. The Morgan fingerprint density at radius 2 is 2.42 bits per heavy atom. The zero-order valence-electron chi connectivity index (χ0n) is 6.10. The summed E-state index contributed by atoms with van der Waals surface area (Å²) in [6.07, 6.45) is 1.02. The van der Waals surface area contributed by atoms with E-state index in [1.54, 1.807) is 6.07 Å². The molecule has 0 unspecified atom stereocenters. The molecule has 64 valence electrons. The predicted molar refractivity (Wildman–Crippen MR) is 39.3 cm³/mol. The number of nitrogens with zero attached hydrogens (tertiary/aromatic N) is 1. The van der Waals surface area contributed by atoms with E-state index in [9.17, 15) is 4.79 Å². The molecule has 0 aliphatic carbocycles. The van der Waals surface area contributed by atoms with Crippen molar-refractivity contribution in [2.75, 3.05) is 0 Å². The summed E-state index contributed by atoms with van der Waals surface area (Å²) in [6.45, 7) is 0. The van der Waals surface area contributed by atoms with E-state index in [2.05, 4.69) is 5.16 Å². The van der Waals surface area contributed by atoms with Gasteiger partial charge in [-0.15, -0.1) is 0 Å². The summed E-state index contributed by atoms with van der Waals surface area (Å²) in [7, 11) is 0. The van der Waals surface area contributed by atoms with Gasteiger partial charge >= 0.3 is 5.97 Å². The first-order valence-corrected chi connectivity index (χ1v) is 3.20. The van der Waals surface area contributed by atoms with Crippen LogP contribution >= 0.6 is 0 Å². The Morgan fingerprint density at radius 1 is 1.67 bits per heavy atom. The standard InChI is InChI=1S/C7H7NO4/c9-7(10)4-5(8-11)6-2-1-3-12-6/h1-3,11H,4H2,(H,9,10)/b8-5+. The van der Waals surface area contributed by atoms with E-state index in [0.717, 1.165) is 0 Å².